The molecule has 7 heteroatoms. The van der Waals surface area contributed by atoms with Crippen molar-refractivity contribution in [3.8, 4) is 11.5 Å². The van der Waals surface area contributed by atoms with Crippen LogP contribution in [0, 0.1) is 17.0 Å². The zero-order chi connectivity index (χ0) is 18.6. The number of nitro benzene ring substituents is 1. The quantitative estimate of drug-likeness (QED) is 0.594. The summed E-state index contributed by atoms with van der Waals surface area (Å²) in [5.41, 5.74) is 1.52. The van der Waals surface area contributed by atoms with Crippen molar-refractivity contribution >= 4 is 11.6 Å². The van der Waals surface area contributed by atoms with Crippen molar-refractivity contribution in [3.05, 3.63) is 63.2 Å². The van der Waals surface area contributed by atoms with E-state index in [1.165, 1.54) is 11.0 Å². The first-order valence-corrected chi connectivity index (χ1v) is 7.58. The molecule has 0 N–H and O–H groups in total. The summed E-state index contributed by atoms with van der Waals surface area (Å²) in [7, 11) is 4.75. The molecule has 2 rings (SSSR count). The lowest BCUT2D eigenvalue weighted by molar-refractivity contribution is -0.385. The highest BCUT2D eigenvalue weighted by molar-refractivity contribution is 5.94. The van der Waals surface area contributed by atoms with E-state index in [0.717, 1.165) is 5.56 Å². The number of carbonyl (C=O) groups excluding carboxylic acids is 1. The molecule has 0 aliphatic carbocycles. The predicted molar refractivity (Wildman–Crippen MR) is 93.2 cm³/mol. The largest absolute Gasteiger partial charge is 0.497 e. The van der Waals surface area contributed by atoms with Crippen LogP contribution in [-0.2, 0) is 6.54 Å². The van der Waals surface area contributed by atoms with Crippen molar-refractivity contribution in [2.24, 2.45) is 0 Å². The summed E-state index contributed by atoms with van der Waals surface area (Å²) < 4.78 is 10.5. The fourth-order valence-electron chi connectivity index (χ4n) is 2.47. The summed E-state index contributed by atoms with van der Waals surface area (Å²) in [5, 5.41) is 11.1. The van der Waals surface area contributed by atoms with Crippen molar-refractivity contribution < 1.29 is 19.2 Å². The van der Waals surface area contributed by atoms with E-state index in [2.05, 4.69) is 0 Å². The molecular weight excluding hydrogens is 324 g/mol. The van der Waals surface area contributed by atoms with Gasteiger partial charge >= 0.3 is 0 Å². The van der Waals surface area contributed by atoms with Gasteiger partial charge in [-0.15, -0.1) is 0 Å². The first kappa shape index (κ1) is 18.3. The summed E-state index contributed by atoms with van der Waals surface area (Å²) in [4.78, 5) is 24.6. The molecule has 0 unspecified atom stereocenters. The third kappa shape index (κ3) is 4.06. The molecule has 0 heterocycles. The first-order chi connectivity index (χ1) is 11.9. The maximum absolute atomic E-state index is 12.6. The molecule has 0 radical (unpaired) electrons. The molecular formula is C18H20N2O5. The van der Waals surface area contributed by atoms with Gasteiger partial charge in [0.15, 0.2) is 0 Å². The molecule has 0 aromatic heterocycles. The second-order valence-electron chi connectivity index (χ2n) is 5.60. The van der Waals surface area contributed by atoms with E-state index >= 15 is 0 Å². The summed E-state index contributed by atoms with van der Waals surface area (Å²) in [6, 6.07) is 9.81. The average Bonchev–Trinajstić information content (AvgIpc) is 2.61. The number of amides is 1. The Morgan fingerprint density at radius 2 is 1.88 bits per heavy atom. The van der Waals surface area contributed by atoms with Gasteiger partial charge < -0.3 is 14.4 Å². The van der Waals surface area contributed by atoms with E-state index in [1.807, 2.05) is 6.07 Å². The van der Waals surface area contributed by atoms with Crippen LogP contribution in [0.5, 0.6) is 11.5 Å². The Morgan fingerprint density at radius 1 is 1.16 bits per heavy atom. The minimum atomic E-state index is -0.487. The van der Waals surface area contributed by atoms with Gasteiger partial charge in [-0.25, -0.2) is 0 Å². The van der Waals surface area contributed by atoms with Gasteiger partial charge in [0.1, 0.15) is 11.5 Å². The van der Waals surface area contributed by atoms with Gasteiger partial charge in [0, 0.05) is 42.4 Å². The van der Waals surface area contributed by atoms with Crippen molar-refractivity contribution in [2.75, 3.05) is 21.3 Å². The summed E-state index contributed by atoms with van der Waals surface area (Å²) in [6.45, 7) is 1.94. The first-order valence-electron chi connectivity index (χ1n) is 7.58. The molecule has 2 aromatic rings. The number of aryl methyl sites for hydroxylation is 1. The zero-order valence-electron chi connectivity index (χ0n) is 14.6. The molecule has 0 atom stereocenters. The van der Waals surface area contributed by atoms with Gasteiger partial charge in [0.2, 0.25) is 0 Å². The maximum Gasteiger partial charge on any atom is 0.273 e. The number of rotatable bonds is 6. The lowest BCUT2D eigenvalue weighted by Crippen LogP contribution is -2.26. The zero-order valence-corrected chi connectivity index (χ0v) is 14.6. The van der Waals surface area contributed by atoms with Crippen molar-refractivity contribution in [1.29, 1.82) is 0 Å². The molecule has 0 saturated carbocycles. The highest BCUT2D eigenvalue weighted by atomic mass is 16.6. The number of ether oxygens (including phenoxy) is 2. The van der Waals surface area contributed by atoms with Crippen LogP contribution in [0.15, 0.2) is 36.4 Å². The average molecular weight is 344 g/mol. The highest BCUT2D eigenvalue weighted by Crippen LogP contribution is 2.26. The summed E-state index contributed by atoms with van der Waals surface area (Å²) in [6.07, 6.45) is 0. The van der Waals surface area contributed by atoms with Crippen LogP contribution in [0.1, 0.15) is 21.5 Å². The van der Waals surface area contributed by atoms with Gasteiger partial charge in [-0.1, -0.05) is 6.07 Å². The van der Waals surface area contributed by atoms with Gasteiger partial charge in [-0.3, -0.25) is 14.9 Å². The SMILES string of the molecule is COc1ccc(CN(C)C(=O)c2ccc(C)c([N+](=O)[O-])c2)c(OC)c1. The second kappa shape index (κ2) is 7.65. The molecule has 0 saturated heterocycles. The minimum absolute atomic E-state index is 0.0683. The molecule has 1 amide bonds. The van der Waals surface area contributed by atoms with Crippen LogP contribution in [0.2, 0.25) is 0 Å². The molecule has 0 fully saturated rings. The van der Waals surface area contributed by atoms with Gasteiger partial charge in [0.25, 0.3) is 11.6 Å². The Kier molecular flexibility index (Phi) is 5.59. The molecule has 0 aliphatic heterocycles. The van der Waals surface area contributed by atoms with E-state index < -0.39 is 4.92 Å². The summed E-state index contributed by atoms with van der Waals surface area (Å²) in [5.74, 6) is 0.957. The molecule has 7 nitrogen and oxygen atoms in total. The lowest BCUT2D eigenvalue weighted by atomic mass is 10.1. The van der Waals surface area contributed by atoms with Crippen LogP contribution in [0.25, 0.3) is 0 Å². The van der Waals surface area contributed by atoms with E-state index in [9.17, 15) is 14.9 Å². The number of hydrogen-bond donors (Lipinski definition) is 0. The number of methoxy groups -OCH3 is 2. The predicted octanol–water partition coefficient (Wildman–Crippen LogP) is 3.19. The number of carbonyl (C=O) groups is 1. The maximum atomic E-state index is 12.6. The topological polar surface area (TPSA) is 81.9 Å². The van der Waals surface area contributed by atoms with Gasteiger partial charge in [0.05, 0.1) is 19.1 Å². The van der Waals surface area contributed by atoms with E-state index in [4.69, 9.17) is 9.47 Å². The Hall–Kier alpha value is -3.09. The third-order valence-electron chi connectivity index (χ3n) is 3.90. The normalized spacial score (nSPS) is 10.2. The van der Waals surface area contributed by atoms with Crippen LogP contribution in [0.4, 0.5) is 5.69 Å². The molecule has 25 heavy (non-hydrogen) atoms. The monoisotopic (exact) mass is 344 g/mol. The van der Waals surface area contributed by atoms with Crippen molar-refractivity contribution in [3.63, 3.8) is 0 Å². The third-order valence-corrected chi connectivity index (χ3v) is 3.90. The van der Waals surface area contributed by atoms with Crippen molar-refractivity contribution in [1.82, 2.24) is 4.90 Å². The van der Waals surface area contributed by atoms with Crippen LogP contribution in [-0.4, -0.2) is 37.0 Å². The number of hydrogen-bond acceptors (Lipinski definition) is 5. The summed E-state index contributed by atoms with van der Waals surface area (Å²) >= 11 is 0. The Labute approximate surface area is 145 Å². The molecule has 132 valence electrons. The van der Waals surface area contributed by atoms with Crippen LogP contribution >= 0.6 is 0 Å². The Balaban J connectivity index is 2.24. The Bertz CT molecular complexity index is 804. The number of nitro groups is 1. The molecule has 0 aliphatic rings. The van der Waals surface area contributed by atoms with Gasteiger partial charge in [-0.05, 0) is 25.1 Å². The fraction of sp³-hybridized carbons (Fsp3) is 0.278. The number of benzene rings is 2. The molecule has 0 bridgehead atoms. The van der Waals surface area contributed by atoms with Crippen LogP contribution < -0.4 is 9.47 Å². The van der Waals surface area contributed by atoms with E-state index in [0.29, 0.717) is 23.6 Å². The van der Waals surface area contributed by atoms with E-state index in [1.54, 1.807) is 52.5 Å². The number of nitrogens with zero attached hydrogens (tertiary/aromatic N) is 2. The van der Waals surface area contributed by atoms with Crippen molar-refractivity contribution in [2.45, 2.75) is 13.5 Å². The molecule has 0 spiro atoms. The lowest BCUT2D eigenvalue weighted by Gasteiger charge is -2.19. The second-order valence-corrected chi connectivity index (χ2v) is 5.60. The Morgan fingerprint density at radius 3 is 2.48 bits per heavy atom. The standard InChI is InChI=1S/C18H20N2O5/c1-12-5-6-13(9-16(12)20(22)23)18(21)19(2)11-14-7-8-15(24-3)10-17(14)25-4/h5-10H,11H2,1-4H3. The van der Waals surface area contributed by atoms with E-state index in [-0.39, 0.29) is 17.2 Å². The van der Waals surface area contributed by atoms with Crippen LogP contribution in [0.3, 0.4) is 0 Å². The highest BCUT2D eigenvalue weighted by Gasteiger charge is 2.19. The van der Waals surface area contributed by atoms with Gasteiger partial charge in [-0.2, -0.15) is 0 Å². The fourth-order valence-corrected chi connectivity index (χ4v) is 2.47. The smallest absolute Gasteiger partial charge is 0.273 e. The minimum Gasteiger partial charge on any atom is -0.497 e. The molecule has 2 aromatic carbocycles.